The maximum absolute atomic E-state index is 14.1. The van der Waals surface area contributed by atoms with Crippen LogP contribution in [0.4, 0.5) is 4.39 Å². The second-order valence-corrected chi connectivity index (χ2v) is 8.47. The molecule has 3 aliphatic rings. The number of piperidine rings is 1. The normalized spacial score (nSPS) is 26.5. The van der Waals surface area contributed by atoms with E-state index in [0.29, 0.717) is 30.5 Å². The van der Waals surface area contributed by atoms with Crippen LogP contribution in [0, 0.1) is 17.2 Å². The summed E-state index contributed by atoms with van der Waals surface area (Å²) in [5, 5.41) is 0.337. The lowest BCUT2D eigenvalue weighted by atomic mass is 9.77. The third kappa shape index (κ3) is 3.11. The van der Waals surface area contributed by atoms with Crippen LogP contribution in [0.25, 0.3) is 0 Å². The predicted octanol–water partition coefficient (Wildman–Crippen LogP) is 3.73. The second kappa shape index (κ2) is 6.84. The zero-order valence-electron chi connectivity index (χ0n) is 14.8. The molecule has 1 aromatic carbocycles. The van der Waals surface area contributed by atoms with Gasteiger partial charge in [0, 0.05) is 31.2 Å². The van der Waals surface area contributed by atoms with Crippen LogP contribution >= 0.6 is 11.6 Å². The van der Waals surface area contributed by atoms with E-state index >= 15 is 0 Å². The Kier molecular flexibility index (Phi) is 4.68. The van der Waals surface area contributed by atoms with Crippen LogP contribution in [0.3, 0.4) is 0 Å². The molecule has 140 valence electrons. The van der Waals surface area contributed by atoms with Gasteiger partial charge in [-0.3, -0.25) is 9.59 Å². The fourth-order valence-corrected chi connectivity index (χ4v) is 4.74. The number of rotatable bonds is 3. The molecule has 2 saturated heterocycles. The van der Waals surface area contributed by atoms with E-state index < -0.39 is 11.2 Å². The molecule has 1 spiro atoms. The Balaban J connectivity index is 1.48. The fraction of sp³-hybridized carbons (Fsp3) is 0.600. The number of hydrogen-bond donors (Lipinski definition) is 0. The van der Waals surface area contributed by atoms with Gasteiger partial charge < -0.3 is 9.80 Å². The van der Waals surface area contributed by atoms with E-state index in [2.05, 4.69) is 0 Å². The number of carbonyl (C=O) groups is 2. The van der Waals surface area contributed by atoms with Gasteiger partial charge in [-0.05, 0) is 56.2 Å². The molecular formula is C20H24ClFN2O2. The summed E-state index contributed by atoms with van der Waals surface area (Å²) in [6.07, 6.45) is 6.16. The molecule has 0 radical (unpaired) electrons. The molecule has 1 aliphatic carbocycles. The number of amides is 2. The number of halogens is 2. The summed E-state index contributed by atoms with van der Waals surface area (Å²) in [6, 6.07) is 4.02. The van der Waals surface area contributed by atoms with Crippen molar-refractivity contribution >= 4 is 23.4 Å². The summed E-state index contributed by atoms with van der Waals surface area (Å²) in [5.41, 5.74) is -0.490. The molecule has 0 unspecified atom stereocenters. The molecule has 2 heterocycles. The Bertz CT molecular complexity index is 737. The summed E-state index contributed by atoms with van der Waals surface area (Å²) >= 11 is 5.92. The first kappa shape index (κ1) is 17.8. The standard InChI is InChI=1S/C20H24ClFN2O2/c21-15-5-6-17(22)16(11-15)18(25)24-10-8-20(13-24)7-2-9-23(19(20)26)12-14-3-1-4-14/h5-6,11,14H,1-4,7-10,12-13H2/t20-/m0/s1. The number of likely N-dealkylation sites (tertiary alicyclic amines) is 2. The molecule has 2 amide bonds. The van der Waals surface area contributed by atoms with Gasteiger partial charge in [0.05, 0.1) is 11.0 Å². The van der Waals surface area contributed by atoms with E-state index in [1.54, 1.807) is 4.90 Å². The lowest BCUT2D eigenvalue weighted by molar-refractivity contribution is -0.146. The first-order chi connectivity index (χ1) is 12.5. The SMILES string of the molecule is O=C(c1cc(Cl)ccc1F)N1CC[C@@]2(CCCN(CC3CCC3)C2=O)C1. The number of hydrogen-bond acceptors (Lipinski definition) is 2. The van der Waals surface area contributed by atoms with E-state index in [-0.39, 0.29) is 17.4 Å². The van der Waals surface area contributed by atoms with E-state index in [4.69, 9.17) is 11.6 Å². The molecule has 0 N–H and O–H groups in total. The predicted molar refractivity (Wildman–Crippen MR) is 97.5 cm³/mol. The van der Waals surface area contributed by atoms with Crippen LogP contribution in [0.5, 0.6) is 0 Å². The van der Waals surface area contributed by atoms with E-state index in [1.807, 2.05) is 4.90 Å². The molecular weight excluding hydrogens is 355 g/mol. The van der Waals surface area contributed by atoms with Gasteiger partial charge in [0.25, 0.3) is 5.91 Å². The van der Waals surface area contributed by atoms with Crippen LogP contribution < -0.4 is 0 Å². The van der Waals surface area contributed by atoms with Gasteiger partial charge in [-0.2, -0.15) is 0 Å². The van der Waals surface area contributed by atoms with Gasteiger partial charge in [0.15, 0.2) is 0 Å². The second-order valence-electron chi connectivity index (χ2n) is 8.03. The molecule has 2 aliphatic heterocycles. The van der Waals surface area contributed by atoms with Crippen molar-refractivity contribution in [1.82, 2.24) is 9.80 Å². The molecule has 6 heteroatoms. The molecule has 4 rings (SSSR count). The van der Waals surface area contributed by atoms with Crippen molar-refractivity contribution < 1.29 is 14.0 Å². The van der Waals surface area contributed by atoms with Gasteiger partial charge in [-0.1, -0.05) is 18.0 Å². The molecule has 1 aromatic rings. The Morgan fingerprint density at radius 2 is 2.04 bits per heavy atom. The maximum atomic E-state index is 14.1. The van der Waals surface area contributed by atoms with Crippen molar-refractivity contribution in [3.63, 3.8) is 0 Å². The number of benzene rings is 1. The van der Waals surface area contributed by atoms with E-state index in [1.165, 1.54) is 37.5 Å². The van der Waals surface area contributed by atoms with Gasteiger partial charge in [0.2, 0.25) is 5.91 Å². The Morgan fingerprint density at radius 1 is 1.23 bits per heavy atom. The molecule has 0 aromatic heterocycles. The van der Waals surface area contributed by atoms with Gasteiger partial charge >= 0.3 is 0 Å². The first-order valence-electron chi connectivity index (χ1n) is 9.52. The van der Waals surface area contributed by atoms with Crippen molar-refractivity contribution in [2.45, 2.75) is 38.5 Å². The van der Waals surface area contributed by atoms with E-state index in [9.17, 15) is 14.0 Å². The zero-order chi connectivity index (χ0) is 18.3. The highest BCUT2D eigenvalue weighted by Crippen LogP contribution is 2.41. The quantitative estimate of drug-likeness (QED) is 0.804. The van der Waals surface area contributed by atoms with Crippen molar-refractivity contribution in [3.8, 4) is 0 Å². The van der Waals surface area contributed by atoms with Gasteiger partial charge in [-0.25, -0.2) is 4.39 Å². The summed E-state index contributed by atoms with van der Waals surface area (Å²) < 4.78 is 14.1. The Labute approximate surface area is 158 Å². The summed E-state index contributed by atoms with van der Waals surface area (Å²) in [6.45, 7) is 2.57. The lowest BCUT2D eigenvalue weighted by Crippen LogP contribution is -2.52. The lowest BCUT2D eigenvalue weighted by Gasteiger charge is -2.42. The summed E-state index contributed by atoms with van der Waals surface area (Å²) in [7, 11) is 0. The third-order valence-electron chi connectivity index (χ3n) is 6.33. The van der Waals surface area contributed by atoms with E-state index in [0.717, 1.165) is 25.9 Å². The van der Waals surface area contributed by atoms with Gasteiger partial charge in [-0.15, -0.1) is 0 Å². The topological polar surface area (TPSA) is 40.6 Å². The van der Waals surface area contributed by atoms with Gasteiger partial charge in [0.1, 0.15) is 5.82 Å². The van der Waals surface area contributed by atoms with Crippen LogP contribution in [0.1, 0.15) is 48.9 Å². The van der Waals surface area contributed by atoms with Crippen molar-refractivity contribution in [2.75, 3.05) is 26.2 Å². The zero-order valence-corrected chi connectivity index (χ0v) is 15.6. The highest BCUT2D eigenvalue weighted by Gasteiger charge is 2.49. The average Bonchev–Trinajstić information content (AvgIpc) is 3.01. The Morgan fingerprint density at radius 3 is 2.77 bits per heavy atom. The molecule has 4 nitrogen and oxygen atoms in total. The monoisotopic (exact) mass is 378 g/mol. The molecule has 3 fully saturated rings. The third-order valence-corrected chi connectivity index (χ3v) is 6.56. The summed E-state index contributed by atoms with van der Waals surface area (Å²) in [5.74, 6) is -0.0981. The maximum Gasteiger partial charge on any atom is 0.256 e. The first-order valence-corrected chi connectivity index (χ1v) is 9.90. The van der Waals surface area contributed by atoms with Crippen molar-refractivity contribution in [3.05, 3.63) is 34.6 Å². The Hall–Kier alpha value is -1.62. The minimum atomic E-state index is -0.568. The minimum absolute atomic E-state index is 0.0101. The molecule has 26 heavy (non-hydrogen) atoms. The molecule has 1 saturated carbocycles. The van der Waals surface area contributed by atoms with Crippen LogP contribution in [0.2, 0.25) is 5.02 Å². The number of carbonyl (C=O) groups excluding carboxylic acids is 2. The van der Waals surface area contributed by atoms with Crippen LogP contribution in [0.15, 0.2) is 18.2 Å². The number of nitrogens with zero attached hydrogens (tertiary/aromatic N) is 2. The minimum Gasteiger partial charge on any atom is -0.342 e. The average molecular weight is 379 g/mol. The van der Waals surface area contributed by atoms with Crippen LogP contribution in [-0.4, -0.2) is 47.8 Å². The van der Waals surface area contributed by atoms with Crippen LogP contribution in [-0.2, 0) is 4.79 Å². The van der Waals surface area contributed by atoms with Crippen molar-refractivity contribution in [2.24, 2.45) is 11.3 Å². The summed E-state index contributed by atoms with van der Waals surface area (Å²) in [4.78, 5) is 29.6. The molecule has 0 bridgehead atoms. The largest absolute Gasteiger partial charge is 0.342 e. The smallest absolute Gasteiger partial charge is 0.256 e. The van der Waals surface area contributed by atoms with Crippen molar-refractivity contribution in [1.29, 1.82) is 0 Å². The highest BCUT2D eigenvalue weighted by atomic mass is 35.5. The highest BCUT2D eigenvalue weighted by molar-refractivity contribution is 6.31. The molecule has 1 atom stereocenters. The fourth-order valence-electron chi connectivity index (χ4n) is 4.57.